The molecule has 0 aliphatic carbocycles. The summed E-state index contributed by atoms with van der Waals surface area (Å²) in [5, 5.41) is 5.35. The molecule has 0 radical (unpaired) electrons. The first-order valence-corrected chi connectivity index (χ1v) is 11.0. The van der Waals surface area contributed by atoms with Crippen molar-refractivity contribution in [1.82, 2.24) is 20.6 Å². The largest absolute Gasteiger partial charge is 0.433 e. The van der Waals surface area contributed by atoms with Crippen LogP contribution in [0.1, 0.15) is 40.8 Å². The number of cyclic esters (lactones) is 1. The molecule has 34 heavy (non-hydrogen) atoms. The zero-order valence-electron chi connectivity index (χ0n) is 18.7. The van der Waals surface area contributed by atoms with E-state index in [9.17, 15) is 14.4 Å². The quantitative estimate of drug-likeness (QED) is 0.419. The minimum absolute atomic E-state index is 0.00705. The van der Waals surface area contributed by atoms with Gasteiger partial charge in [-0.15, -0.1) is 0 Å². The van der Waals surface area contributed by atoms with Gasteiger partial charge in [-0.25, -0.2) is 4.98 Å². The SMILES string of the molecule is C[C@H](NC(=O)c1ncc(Cc2ccccc2)[nH]1)C(=O)NC1CC(=O)OC1OCc1ccccc1. The van der Waals surface area contributed by atoms with Crippen LogP contribution in [-0.4, -0.2) is 46.1 Å². The van der Waals surface area contributed by atoms with Crippen molar-refractivity contribution in [2.45, 2.75) is 44.7 Å². The molecular weight excluding hydrogens is 436 g/mol. The molecule has 2 amide bonds. The summed E-state index contributed by atoms with van der Waals surface area (Å²) >= 11 is 0. The zero-order chi connectivity index (χ0) is 23.9. The number of aromatic amines is 1. The molecule has 0 saturated carbocycles. The summed E-state index contributed by atoms with van der Waals surface area (Å²) in [6, 6.07) is 17.7. The number of ether oxygens (including phenoxy) is 2. The summed E-state index contributed by atoms with van der Waals surface area (Å²) in [5.41, 5.74) is 2.79. The number of esters is 1. The zero-order valence-corrected chi connectivity index (χ0v) is 18.7. The van der Waals surface area contributed by atoms with Gasteiger partial charge in [-0.2, -0.15) is 0 Å². The van der Waals surface area contributed by atoms with E-state index >= 15 is 0 Å². The monoisotopic (exact) mass is 462 g/mol. The average Bonchev–Trinajstić information content (AvgIpc) is 3.45. The molecule has 1 saturated heterocycles. The van der Waals surface area contributed by atoms with Gasteiger partial charge in [0.25, 0.3) is 5.91 Å². The first-order valence-electron chi connectivity index (χ1n) is 11.0. The smallest absolute Gasteiger partial charge is 0.310 e. The summed E-state index contributed by atoms with van der Waals surface area (Å²) < 4.78 is 10.9. The number of amides is 2. The number of imidazole rings is 1. The Labute approximate surface area is 196 Å². The Bertz CT molecular complexity index is 1130. The van der Waals surface area contributed by atoms with E-state index in [0.717, 1.165) is 16.8 Å². The molecule has 1 aromatic heterocycles. The third-order valence-electron chi connectivity index (χ3n) is 5.37. The molecule has 3 atom stereocenters. The standard InChI is InChI=1S/C25H26N4O5/c1-16(27-24(32)22-26-14-19(28-22)12-17-8-4-2-5-9-17)23(31)29-20-13-21(30)34-25(20)33-15-18-10-6-3-7-11-18/h2-11,14,16,20,25H,12-13,15H2,1H3,(H,26,28)(H,27,32)(H,29,31)/t16-,20?,25?/m0/s1. The highest BCUT2D eigenvalue weighted by molar-refractivity contribution is 5.95. The maximum atomic E-state index is 12.7. The van der Waals surface area contributed by atoms with Gasteiger partial charge < -0.3 is 25.1 Å². The van der Waals surface area contributed by atoms with Gasteiger partial charge in [0.2, 0.25) is 12.2 Å². The Morgan fingerprint density at radius 1 is 1.12 bits per heavy atom. The number of nitrogens with one attached hydrogen (secondary N) is 3. The molecule has 2 aromatic carbocycles. The fraction of sp³-hybridized carbons (Fsp3) is 0.280. The van der Waals surface area contributed by atoms with Crippen LogP contribution >= 0.6 is 0 Å². The van der Waals surface area contributed by atoms with Crippen molar-refractivity contribution < 1.29 is 23.9 Å². The lowest BCUT2D eigenvalue weighted by molar-refractivity contribution is -0.168. The minimum Gasteiger partial charge on any atom is -0.433 e. The highest BCUT2D eigenvalue weighted by Crippen LogP contribution is 2.18. The van der Waals surface area contributed by atoms with E-state index in [1.165, 1.54) is 0 Å². The second kappa shape index (κ2) is 10.8. The van der Waals surface area contributed by atoms with Gasteiger partial charge in [-0.05, 0) is 18.1 Å². The lowest BCUT2D eigenvalue weighted by Crippen LogP contribution is -2.50. The van der Waals surface area contributed by atoms with Crippen molar-refractivity contribution in [3.63, 3.8) is 0 Å². The van der Waals surface area contributed by atoms with E-state index in [4.69, 9.17) is 9.47 Å². The number of rotatable bonds is 9. The average molecular weight is 463 g/mol. The number of hydrogen-bond acceptors (Lipinski definition) is 6. The van der Waals surface area contributed by atoms with Gasteiger partial charge in [-0.1, -0.05) is 60.7 Å². The first-order chi connectivity index (χ1) is 16.5. The fourth-order valence-corrected chi connectivity index (χ4v) is 3.58. The van der Waals surface area contributed by atoms with Gasteiger partial charge in [0, 0.05) is 18.3 Å². The Morgan fingerprint density at radius 2 is 1.79 bits per heavy atom. The summed E-state index contributed by atoms with van der Waals surface area (Å²) in [7, 11) is 0. The van der Waals surface area contributed by atoms with Gasteiger partial charge in [0.1, 0.15) is 12.1 Å². The first kappa shape index (κ1) is 23.2. The van der Waals surface area contributed by atoms with Crippen molar-refractivity contribution in [1.29, 1.82) is 0 Å². The van der Waals surface area contributed by atoms with Crippen LogP contribution in [0.15, 0.2) is 66.9 Å². The fourth-order valence-electron chi connectivity index (χ4n) is 3.58. The normalized spacial score (nSPS) is 18.2. The predicted molar refractivity (Wildman–Crippen MR) is 122 cm³/mol. The Morgan fingerprint density at radius 3 is 2.50 bits per heavy atom. The molecule has 1 aliphatic heterocycles. The molecule has 3 aromatic rings. The van der Waals surface area contributed by atoms with Crippen molar-refractivity contribution >= 4 is 17.8 Å². The predicted octanol–water partition coefficient (Wildman–Crippen LogP) is 2.09. The van der Waals surface area contributed by atoms with Crippen molar-refractivity contribution in [2.24, 2.45) is 0 Å². The molecule has 0 spiro atoms. The second-order valence-electron chi connectivity index (χ2n) is 8.09. The Hall–Kier alpha value is -3.98. The highest BCUT2D eigenvalue weighted by Gasteiger charge is 2.37. The van der Waals surface area contributed by atoms with E-state index in [1.54, 1.807) is 13.1 Å². The van der Waals surface area contributed by atoms with E-state index < -0.39 is 36.2 Å². The molecule has 1 fully saturated rings. The van der Waals surface area contributed by atoms with Crippen LogP contribution in [0.3, 0.4) is 0 Å². The molecule has 1 aliphatic rings. The number of carbonyl (C=O) groups excluding carboxylic acids is 3. The van der Waals surface area contributed by atoms with Crippen LogP contribution in [0.2, 0.25) is 0 Å². The molecule has 176 valence electrons. The molecule has 2 heterocycles. The number of nitrogens with zero attached hydrogens (tertiary/aromatic N) is 1. The van der Waals surface area contributed by atoms with Gasteiger partial charge in [0.05, 0.1) is 13.0 Å². The number of H-pyrrole nitrogens is 1. The van der Waals surface area contributed by atoms with E-state index in [2.05, 4.69) is 20.6 Å². The van der Waals surface area contributed by atoms with Gasteiger partial charge >= 0.3 is 5.97 Å². The summed E-state index contributed by atoms with van der Waals surface area (Å²) in [5.74, 6) is -1.30. The third kappa shape index (κ3) is 6.08. The number of hydrogen-bond donors (Lipinski definition) is 3. The van der Waals surface area contributed by atoms with Crippen LogP contribution in [0.5, 0.6) is 0 Å². The van der Waals surface area contributed by atoms with Crippen LogP contribution in [-0.2, 0) is 32.1 Å². The number of carbonyl (C=O) groups is 3. The van der Waals surface area contributed by atoms with Crippen LogP contribution < -0.4 is 10.6 Å². The van der Waals surface area contributed by atoms with Crippen LogP contribution in [0, 0.1) is 0 Å². The van der Waals surface area contributed by atoms with Gasteiger partial charge in [-0.3, -0.25) is 14.4 Å². The molecular formula is C25H26N4O5. The van der Waals surface area contributed by atoms with E-state index in [1.807, 2.05) is 60.7 Å². The topological polar surface area (TPSA) is 122 Å². The van der Waals surface area contributed by atoms with Crippen LogP contribution in [0.25, 0.3) is 0 Å². The van der Waals surface area contributed by atoms with E-state index in [0.29, 0.717) is 6.42 Å². The third-order valence-corrected chi connectivity index (χ3v) is 5.37. The summed E-state index contributed by atoms with van der Waals surface area (Å²) in [6.45, 7) is 1.79. The maximum absolute atomic E-state index is 12.7. The lowest BCUT2D eigenvalue weighted by atomic mass is 10.1. The molecule has 9 heteroatoms. The van der Waals surface area contributed by atoms with E-state index in [-0.39, 0.29) is 18.9 Å². The molecule has 4 rings (SSSR count). The Kier molecular flexibility index (Phi) is 7.34. The van der Waals surface area contributed by atoms with Crippen LogP contribution in [0.4, 0.5) is 0 Å². The lowest BCUT2D eigenvalue weighted by Gasteiger charge is -2.21. The molecule has 3 N–H and O–H groups in total. The Balaban J connectivity index is 1.28. The van der Waals surface area contributed by atoms with Gasteiger partial charge in [0.15, 0.2) is 5.82 Å². The second-order valence-corrected chi connectivity index (χ2v) is 8.09. The summed E-state index contributed by atoms with van der Waals surface area (Å²) in [6.07, 6.45) is 1.30. The summed E-state index contributed by atoms with van der Waals surface area (Å²) in [4.78, 5) is 44.1. The maximum Gasteiger partial charge on any atom is 0.310 e. The highest BCUT2D eigenvalue weighted by atomic mass is 16.7. The van der Waals surface area contributed by atoms with Crippen molar-refractivity contribution in [2.75, 3.05) is 0 Å². The minimum atomic E-state index is -0.898. The van der Waals surface area contributed by atoms with Crippen molar-refractivity contribution in [3.8, 4) is 0 Å². The molecule has 2 unspecified atom stereocenters. The van der Waals surface area contributed by atoms with Crippen molar-refractivity contribution in [3.05, 3.63) is 89.5 Å². The number of aromatic nitrogens is 2. The molecule has 0 bridgehead atoms. The number of benzene rings is 2. The molecule has 9 nitrogen and oxygen atoms in total.